The molecule has 0 unspecified atom stereocenters. The van der Waals surface area contributed by atoms with Crippen LogP contribution < -0.4 is 0 Å². The van der Waals surface area contributed by atoms with E-state index in [9.17, 15) is 31.6 Å². The Morgan fingerprint density at radius 3 is 2.04 bits per heavy atom. The van der Waals surface area contributed by atoms with Gasteiger partial charge in [0.05, 0.1) is 10.3 Å². The van der Waals surface area contributed by atoms with Crippen molar-refractivity contribution >= 4 is 36.7 Å². The molecule has 2 aromatic carbocycles. The van der Waals surface area contributed by atoms with Gasteiger partial charge in [-0.3, -0.25) is 9.11 Å². The smallest absolute Gasteiger partial charge is 0.296 e. The van der Waals surface area contributed by atoms with Crippen LogP contribution in [0.1, 0.15) is 0 Å². The number of hydrogen-bond acceptors (Lipinski definition) is 8. The number of nitrogens with zero attached hydrogens (tertiary/aromatic N) is 2. The van der Waals surface area contributed by atoms with Crippen LogP contribution in [0.15, 0.2) is 38.2 Å². The Bertz CT molecular complexity index is 1040. The van der Waals surface area contributed by atoms with E-state index in [2.05, 4.69) is 10.2 Å². The molecular formula is C11H10N2O8S2. The number of fused-ring (bicyclic) bond motifs is 1. The lowest BCUT2D eigenvalue weighted by atomic mass is 10.1. The van der Waals surface area contributed by atoms with Gasteiger partial charge in [0.25, 0.3) is 20.2 Å². The Kier molecular flexibility index (Phi) is 4.02. The third-order valence-corrected chi connectivity index (χ3v) is 4.58. The van der Waals surface area contributed by atoms with Gasteiger partial charge in [-0.05, 0) is 17.5 Å². The summed E-state index contributed by atoms with van der Waals surface area (Å²) >= 11 is 0. The van der Waals surface area contributed by atoms with E-state index in [-0.39, 0.29) is 10.8 Å². The summed E-state index contributed by atoms with van der Waals surface area (Å²) in [5.74, 6) is -1.58. The largest absolute Gasteiger partial charge is 0.507 e. The summed E-state index contributed by atoms with van der Waals surface area (Å²) in [6, 6.07) is 2.26. The molecule has 0 aromatic heterocycles. The molecule has 0 bridgehead atoms. The molecule has 0 saturated heterocycles. The highest BCUT2D eigenvalue weighted by Gasteiger charge is 2.25. The number of phenols is 2. The van der Waals surface area contributed by atoms with Crippen molar-refractivity contribution in [1.82, 2.24) is 0 Å². The van der Waals surface area contributed by atoms with Crippen LogP contribution in [0.3, 0.4) is 0 Å². The maximum Gasteiger partial charge on any atom is 0.296 e. The number of azo groups is 1. The lowest BCUT2D eigenvalue weighted by molar-refractivity contribution is 0.457. The summed E-state index contributed by atoms with van der Waals surface area (Å²) in [7, 11) is -8.35. The molecule has 2 aromatic rings. The maximum atomic E-state index is 11.4. The second kappa shape index (κ2) is 5.42. The fourth-order valence-electron chi connectivity index (χ4n) is 1.98. The summed E-state index contributed by atoms with van der Waals surface area (Å²) in [6.45, 7) is 0. The highest BCUT2D eigenvalue weighted by molar-refractivity contribution is 7.86. The minimum atomic E-state index is -4.84. The predicted molar refractivity (Wildman–Crippen MR) is 77.3 cm³/mol. The molecule has 0 aliphatic rings. The van der Waals surface area contributed by atoms with E-state index in [0.717, 1.165) is 12.1 Å². The first-order valence-electron chi connectivity index (χ1n) is 5.74. The fourth-order valence-corrected chi connectivity index (χ4v) is 3.17. The first kappa shape index (κ1) is 17.1. The lowest BCUT2D eigenvalue weighted by Gasteiger charge is -2.11. The van der Waals surface area contributed by atoms with Gasteiger partial charge in [0.15, 0.2) is 5.75 Å². The van der Waals surface area contributed by atoms with Gasteiger partial charge in [0.2, 0.25) is 0 Å². The average Bonchev–Trinajstić information content (AvgIpc) is 2.38. The molecule has 124 valence electrons. The Labute approximate surface area is 130 Å². The molecule has 4 N–H and O–H groups in total. The molecule has 0 heterocycles. The Morgan fingerprint density at radius 1 is 0.957 bits per heavy atom. The van der Waals surface area contributed by atoms with Gasteiger partial charge in [0.1, 0.15) is 16.3 Å². The Balaban J connectivity index is 3.07. The zero-order valence-corrected chi connectivity index (χ0v) is 13.0. The van der Waals surface area contributed by atoms with Gasteiger partial charge in [-0.2, -0.15) is 27.1 Å². The average molecular weight is 362 g/mol. The van der Waals surface area contributed by atoms with Crippen LogP contribution in [-0.2, 0) is 20.2 Å². The van der Waals surface area contributed by atoms with Crippen LogP contribution in [0.4, 0.5) is 5.69 Å². The van der Waals surface area contributed by atoms with E-state index in [1.165, 1.54) is 7.05 Å². The zero-order chi connectivity index (χ0) is 17.6. The van der Waals surface area contributed by atoms with Crippen molar-refractivity contribution in [3.8, 4) is 11.5 Å². The van der Waals surface area contributed by atoms with Crippen molar-refractivity contribution in [2.45, 2.75) is 9.79 Å². The second-order valence-electron chi connectivity index (χ2n) is 4.36. The molecule has 0 aliphatic carbocycles. The molecule has 0 amide bonds. The third kappa shape index (κ3) is 3.10. The predicted octanol–water partition coefficient (Wildman–Crippen LogP) is 1.46. The summed E-state index contributed by atoms with van der Waals surface area (Å²) in [5.41, 5.74) is -0.627. The van der Waals surface area contributed by atoms with Gasteiger partial charge in [0, 0.05) is 13.1 Å². The Hall–Kier alpha value is -2.28. The van der Waals surface area contributed by atoms with E-state index >= 15 is 0 Å². The number of rotatable bonds is 3. The third-order valence-electron chi connectivity index (χ3n) is 2.88. The number of benzene rings is 2. The van der Waals surface area contributed by atoms with E-state index in [1.54, 1.807) is 0 Å². The van der Waals surface area contributed by atoms with Gasteiger partial charge in [-0.1, -0.05) is 0 Å². The summed E-state index contributed by atoms with van der Waals surface area (Å²) in [5, 5.41) is 26.1. The topological polar surface area (TPSA) is 174 Å². The quantitative estimate of drug-likeness (QED) is 0.469. The Morgan fingerprint density at radius 2 is 1.57 bits per heavy atom. The fraction of sp³-hybridized carbons (Fsp3) is 0.0909. The SMILES string of the molecule is CN=Nc1c(S(=O)(=O)O)cc2cc(S(=O)(=O)O)cc(O)c2c1O. The zero-order valence-electron chi connectivity index (χ0n) is 11.4. The number of hydrogen-bond donors (Lipinski definition) is 4. The van der Waals surface area contributed by atoms with Crippen LogP contribution in [0, 0.1) is 0 Å². The van der Waals surface area contributed by atoms with E-state index < -0.39 is 47.2 Å². The highest BCUT2D eigenvalue weighted by atomic mass is 32.2. The summed E-state index contributed by atoms with van der Waals surface area (Å²) in [6.07, 6.45) is 0. The summed E-state index contributed by atoms with van der Waals surface area (Å²) < 4.78 is 63.3. The van der Waals surface area contributed by atoms with Crippen LogP contribution in [0.2, 0.25) is 0 Å². The van der Waals surface area contributed by atoms with Crippen LogP contribution in [-0.4, -0.2) is 43.2 Å². The van der Waals surface area contributed by atoms with Gasteiger partial charge in [-0.15, -0.1) is 0 Å². The van der Waals surface area contributed by atoms with Crippen LogP contribution in [0.5, 0.6) is 11.5 Å². The standard InChI is InChI=1S/C11H10N2O8S2/c1-12-13-10-8(23(19,20)21)3-5-2-6(22(16,17)18)4-7(14)9(5)11(10)15/h2-4,14-15H,1H3,(H,16,17,18)(H,19,20,21). The van der Waals surface area contributed by atoms with Gasteiger partial charge >= 0.3 is 0 Å². The second-order valence-corrected chi connectivity index (χ2v) is 7.17. The molecule has 0 spiro atoms. The molecule has 0 aliphatic heterocycles. The lowest BCUT2D eigenvalue weighted by Crippen LogP contribution is -2.01. The van der Waals surface area contributed by atoms with Crippen LogP contribution in [0.25, 0.3) is 10.8 Å². The molecule has 0 radical (unpaired) electrons. The molecule has 23 heavy (non-hydrogen) atoms. The minimum Gasteiger partial charge on any atom is -0.507 e. The normalized spacial score (nSPS) is 13.0. The van der Waals surface area contributed by atoms with Crippen LogP contribution >= 0.6 is 0 Å². The van der Waals surface area contributed by atoms with E-state index in [0.29, 0.717) is 6.07 Å². The van der Waals surface area contributed by atoms with Gasteiger partial charge in [-0.25, -0.2) is 0 Å². The van der Waals surface area contributed by atoms with E-state index in [1.807, 2.05) is 0 Å². The molecule has 2 rings (SSSR count). The maximum absolute atomic E-state index is 11.4. The molecule has 10 nitrogen and oxygen atoms in total. The highest BCUT2D eigenvalue weighted by Crippen LogP contribution is 2.44. The molecule has 0 saturated carbocycles. The van der Waals surface area contributed by atoms with Crippen molar-refractivity contribution in [3.05, 3.63) is 18.2 Å². The molecule has 0 fully saturated rings. The first-order valence-corrected chi connectivity index (χ1v) is 8.62. The monoisotopic (exact) mass is 362 g/mol. The van der Waals surface area contributed by atoms with Gasteiger partial charge < -0.3 is 10.2 Å². The molecule has 12 heteroatoms. The number of phenolic OH excluding ortho intramolecular Hbond substituents is 2. The molecular weight excluding hydrogens is 352 g/mol. The van der Waals surface area contributed by atoms with Crippen molar-refractivity contribution in [3.63, 3.8) is 0 Å². The first-order chi connectivity index (χ1) is 10.5. The van der Waals surface area contributed by atoms with Crippen molar-refractivity contribution in [1.29, 1.82) is 0 Å². The van der Waals surface area contributed by atoms with Crippen molar-refractivity contribution in [2.24, 2.45) is 10.2 Å². The van der Waals surface area contributed by atoms with E-state index in [4.69, 9.17) is 4.55 Å². The van der Waals surface area contributed by atoms with Crippen molar-refractivity contribution < 1.29 is 36.2 Å². The van der Waals surface area contributed by atoms with Crippen molar-refractivity contribution in [2.75, 3.05) is 7.05 Å². The summed E-state index contributed by atoms with van der Waals surface area (Å²) in [4.78, 5) is -1.58. The minimum absolute atomic E-state index is 0.266. The molecule has 0 atom stereocenters. The number of aromatic hydroxyl groups is 2.